The van der Waals surface area contributed by atoms with Crippen molar-refractivity contribution >= 4 is 11.8 Å². The molecule has 0 aromatic rings. The molecule has 1 aliphatic rings. The summed E-state index contributed by atoms with van der Waals surface area (Å²) in [6, 6.07) is 0.00463. The Bertz CT molecular complexity index is 205. The molecule has 1 heterocycles. The largest absolute Gasteiger partial charge is 0.368 e. The Kier molecular flexibility index (Phi) is 2.65. The Morgan fingerprint density at radius 1 is 1.67 bits per heavy atom. The van der Waals surface area contributed by atoms with Gasteiger partial charge in [-0.25, -0.2) is 0 Å². The molecule has 2 amide bonds. The van der Waals surface area contributed by atoms with Crippen molar-refractivity contribution < 1.29 is 9.59 Å². The van der Waals surface area contributed by atoms with Gasteiger partial charge in [0, 0.05) is 19.0 Å². The van der Waals surface area contributed by atoms with Gasteiger partial charge < -0.3 is 16.4 Å². The lowest BCUT2D eigenvalue weighted by molar-refractivity contribution is -0.133. The van der Waals surface area contributed by atoms with Gasteiger partial charge in [0.2, 0.25) is 11.8 Å². The van der Waals surface area contributed by atoms with E-state index in [1.165, 1.54) is 4.90 Å². The first-order chi connectivity index (χ1) is 5.65. The summed E-state index contributed by atoms with van der Waals surface area (Å²) in [6.07, 6.45) is 1.22. The molecule has 1 unspecified atom stereocenters. The van der Waals surface area contributed by atoms with E-state index in [-0.39, 0.29) is 18.5 Å². The van der Waals surface area contributed by atoms with Crippen LogP contribution >= 0.6 is 0 Å². The van der Waals surface area contributed by atoms with Crippen molar-refractivity contribution in [3.8, 4) is 0 Å². The van der Waals surface area contributed by atoms with E-state index in [9.17, 15) is 9.59 Å². The van der Waals surface area contributed by atoms with Crippen LogP contribution in [0, 0.1) is 0 Å². The summed E-state index contributed by atoms with van der Waals surface area (Å²) in [6.45, 7) is 0.403. The maximum absolute atomic E-state index is 11.1. The first-order valence-corrected chi connectivity index (χ1v) is 3.93. The fourth-order valence-electron chi connectivity index (χ4n) is 1.42. The standard InChI is InChI=1S/C7H13N3O2/c8-3-5-1-2-7(12)10(5)4-6(9)11/h5H,1-4,8H2,(H2,9,11). The number of likely N-dealkylation sites (tertiary alicyclic amines) is 1. The van der Waals surface area contributed by atoms with Gasteiger partial charge in [-0.15, -0.1) is 0 Å². The number of primary amides is 1. The number of rotatable bonds is 3. The van der Waals surface area contributed by atoms with E-state index in [1.807, 2.05) is 0 Å². The molecular weight excluding hydrogens is 158 g/mol. The van der Waals surface area contributed by atoms with Crippen molar-refractivity contribution in [1.29, 1.82) is 0 Å². The molecule has 0 radical (unpaired) electrons. The molecule has 0 spiro atoms. The smallest absolute Gasteiger partial charge is 0.237 e. The van der Waals surface area contributed by atoms with Crippen molar-refractivity contribution in [1.82, 2.24) is 4.90 Å². The monoisotopic (exact) mass is 171 g/mol. The predicted molar refractivity (Wildman–Crippen MR) is 43.0 cm³/mol. The van der Waals surface area contributed by atoms with Crippen LogP contribution in [0.15, 0.2) is 0 Å². The molecule has 0 aromatic heterocycles. The predicted octanol–water partition coefficient (Wildman–Crippen LogP) is -1.58. The number of nitrogens with two attached hydrogens (primary N) is 2. The number of hydrogen-bond acceptors (Lipinski definition) is 3. The molecule has 5 heteroatoms. The molecule has 0 saturated carbocycles. The highest BCUT2D eigenvalue weighted by atomic mass is 16.2. The second-order valence-electron chi connectivity index (χ2n) is 2.92. The molecule has 0 aliphatic carbocycles. The quantitative estimate of drug-likeness (QED) is 0.537. The van der Waals surface area contributed by atoms with E-state index in [4.69, 9.17) is 11.5 Å². The minimum absolute atomic E-state index is 0.000694. The van der Waals surface area contributed by atoms with Gasteiger partial charge in [-0.3, -0.25) is 9.59 Å². The minimum atomic E-state index is -0.483. The molecule has 68 valence electrons. The Hall–Kier alpha value is -1.10. The normalized spacial score (nSPS) is 23.2. The summed E-state index contributed by atoms with van der Waals surface area (Å²) in [5, 5.41) is 0. The first-order valence-electron chi connectivity index (χ1n) is 3.93. The Labute approximate surface area is 70.7 Å². The molecule has 1 saturated heterocycles. The molecule has 4 N–H and O–H groups in total. The molecule has 1 rings (SSSR count). The topological polar surface area (TPSA) is 89.4 Å². The SMILES string of the molecule is NCC1CCC(=O)N1CC(N)=O. The zero-order valence-corrected chi connectivity index (χ0v) is 6.82. The summed E-state index contributed by atoms with van der Waals surface area (Å²) in [5.74, 6) is -0.507. The molecule has 5 nitrogen and oxygen atoms in total. The van der Waals surface area contributed by atoms with Crippen LogP contribution in [-0.2, 0) is 9.59 Å². The summed E-state index contributed by atoms with van der Waals surface area (Å²) in [4.78, 5) is 23.2. The maximum Gasteiger partial charge on any atom is 0.237 e. The van der Waals surface area contributed by atoms with Crippen LogP contribution < -0.4 is 11.5 Å². The van der Waals surface area contributed by atoms with E-state index in [2.05, 4.69) is 0 Å². The van der Waals surface area contributed by atoms with E-state index >= 15 is 0 Å². The fraction of sp³-hybridized carbons (Fsp3) is 0.714. The lowest BCUT2D eigenvalue weighted by Gasteiger charge is -2.21. The van der Waals surface area contributed by atoms with Crippen LogP contribution in [0.25, 0.3) is 0 Å². The van der Waals surface area contributed by atoms with Crippen LogP contribution in [0.5, 0.6) is 0 Å². The number of nitrogens with zero attached hydrogens (tertiary/aromatic N) is 1. The number of carbonyl (C=O) groups excluding carboxylic acids is 2. The highest BCUT2D eigenvalue weighted by molar-refractivity contribution is 5.85. The molecule has 0 bridgehead atoms. The van der Waals surface area contributed by atoms with Gasteiger partial charge in [0.1, 0.15) is 0 Å². The van der Waals surface area contributed by atoms with E-state index in [0.29, 0.717) is 13.0 Å². The van der Waals surface area contributed by atoms with Crippen molar-refractivity contribution in [2.24, 2.45) is 11.5 Å². The van der Waals surface area contributed by atoms with Crippen molar-refractivity contribution in [2.45, 2.75) is 18.9 Å². The van der Waals surface area contributed by atoms with Crippen LogP contribution in [0.3, 0.4) is 0 Å². The summed E-state index contributed by atoms with van der Waals surface area (Å²) in [5.41, 5.74) is 10.4. The van der Waals surface area contributed by atoms with Crippen molar-refractivity contribution in [3.63, 3.8) is 0 Å². The first kappa shape index (κ1) is 8.99. The maximum atomic E-state index is 11.1. The number of amides is 2. The number of carbonyl (C=O) groups is 2. The molecule has 12 heavy (non-hydrogen) atoms. The number of hydrogen-bond donors (Lipinski definition) is 2. The summed E-state index contributed by atoms with van der Waals surface area (Å²) < 4.78 is 0. The molecular formula is C7H13N3O2. The third kappa shape index (κ3) is 1.73. The highest BCUT2D eigenvalue weighted by Gasteiger charge is 2.30. The molecule has 1 aliphatic heterocycles. The lowest BCUT2D eigenvalue weighted by atomic mass is 10.2. The Balaban J connectivity index is 2.57. The Morgan fingerprint density at radius 3 is 2.83 bits per heavy atom. The highest BCUT2D eigenvalue weighted by Crippen LogP contribution is 2.16. The van der Waals surface area contributed by atoms with Crippen molar-refractivity contribution in [2.75, 3.05) is 13.1 Å². The second kappa shape index (κ2) is 3.53. The van der Waals surface area contributed by atoms with E-state index in [0.717, 1.165) is 6.42 Å². The molecule has 1 fully saturated rings. The Morgan fingerprint density at radius 2 is 2.33 bits per heavy atom. The minimum Gasteiger partial charge on any atom is -0.368 e. The van der Waals surface area contributed by atoms with Gasteiger partial charge in [0.25, 0.3) is 0 Å². The van der Waals surface area contributed by atoms with Crippen LogP contribution in [0.4, 0.5) is 0 Å². The lowest BCUT2D eigenvalue weighted by Crippen LogP contribution is -2.43. The van der Waals surface area contributed by atoms with Crippen LogP contribution in [0.2, 0.25) is 0 Å². The van der Waals surface area contributed by atoms with Crippen LogP contribution in [0.1, 0.15) is 12.8 Å². The van der Waals surface area contributed by atoms with Gasteiger partial charge in [0.15, 0.2) is 0 Å². The van der Waals surface area contributed by atoms with Gasteiger partial charge in [-0.2, -0.15) is 0 Å². The zero-order chi connectivity index (χ0) is 9.14. The van der Waals surface area contributed by atoms with Gasteiger partial charge in [-0.05, 0) is 6.42 Å². The third-order valence-corrected chi connectivity index (χ3v) is 2.05. The van der Waals surface area contributed by atoms with Crippen molar-refractivity contribution in [3.05, 3.63) is 0 Å². The second-order valence-corrected chi connectivity index (χ2v) is 2.92. The van der Waals surface area contributed by atoms with Gasteiger partial charge in [-0.1, -0.05) is 0 Å². The zero-order valence-electron chi connectivity index (χ0n) is 6.82. The average molecular weight is 171 g/mol. The van der Waals surface area contributed by atoms with Crippen LogP contribution in [-0.4, -0.2) is 35.8 Å². The summed E-state index contributed by atoms with van der Waals surface area (Å²) in [7, 11) is 0. The fourth-order valence-corrected chi connectivity index (χ4v) is 1.42. The average Bonchev–Trinajstić information content (AvgIpc) is 2.32. The van der Waals surface area contributed by atoms with Gasteiger partial charge in [0.05, 0.1) is 6.54 Å². The van der Waals surface area contributed by atoms with E-state index < -0.39 is 5.91 Å². The van der Waals surface area contributed by atoms with Gasteiger partial charge >= 0.3 is 0 Å². The van der Waals surface area contributed by atoms with E-state index in [1.54, 1.807) is 0 Å². The third-order valence-electron chi connectivity index (χ3n) is 2.05. The molecule has 1 atom stereocenters. The summed E-state index contributed by atoms with van der Waals surface area (Å²) >= 11 is 0. The molecule has 0 aromatic carbocycles.